The van der Waals surface area contributed by atoms with Crippen molar-refractivity contribution in [2.24, 2.45) is 0 Å². The summed E-state index contributed by atoms with van der Waals surface area (Å²) in [6.45, 7) is 4.84. The van der Waals surface area contributed by atoms with Crippen molar-refractivity contribution < 1.29 is 0 Å². The van der Waals surface area contributed by atoms with Crippen molar-refractivity contribution in [3.8, 4) is 11.1 Å². The van der Waals surface area contributed by atoms with E-state index < -0.39 is 0 Å². The molecule has 7 aromatic rings. The molecule has 0 atom stereocenters. The second kappa shape index (κ2) is 6.02. The minimum absolute atomic E-state index is 0.0677. The molecule has 0 amide bonds. The van der Waals surface area contributed by atoms with Gasteiger partial charge in [-0.25, -0.2) is 0 Å². The molecule has 1 aliphatic rings. The van der Waals surface area contributed by atoms with Crippen molar-refractivity contribution in [1.82, 2.24) is 0 Å². The smallest absolute Gasteiger partial charge is 0.0402 e. The van der Waals surface area contributed by atoms with Crippen LogP contribution in [0, 0.1) is 0 Å². The van der Waals surface area contributed by atoms with Crippen LogP contribution in [0.15, 0.2) is 84.9 Å². The van der Waals surface area contributed by atoms with E-state index in [1.807, 2.05) is 22.7 Å². The normalized spacial score (nSPS) is 14.6. The molecule has 0 fully saturated rings. The van der Waals surface area contributed by atoms with Crippen molar-refractivity contribution in [2.45, 2.75) is 19.3 Å². The Kier molecular flexibility index (Phi) is 3.33. The average Bonchev–Trinajstić information content (AvgIpc) is 3.38. The maximum Gasteiger partial charge on any atom is 0.0402 e. The molecule has 2 aromatic heterocycles. The number of fused-ring (bicyclic) bond motifs is 10. The van der Waals surface area contributed by atoms with E-state index in [1.54, 1.807) is 0 Å². The second-order valence-electron chi connectivity index (χ2n) is 9.72. The zero-order chi connectivity index (χ0) is 21.9. The first-order valence-electron chi connectivity index (χ1n) is 11.5. The molecular formula is C31H20S2. The van der Waals surface area contributed by atoms with Gasteiger partial charge in [-0.2, -0.15) is 0 Å². The summed E-state index contributed by atoms with van der Waals surface area (Å²) < 4.78 is 5.58. The van der Waals surface area contributed by atoms with Crippen molar-refractivity contribution >= 4 is 73.8 Å². The Morgan fingerprint density at radius 1 is 0.606 bits per heavy atom. The third kappa shape index (κ3) is 2.16. The van der Waals surface area contributed by atoms with Gasteiger partial charge >= 0.3 is 0 Å². The van der Waals surface area contributed by atoms with Crippen LogP contribution in [-0.2, 0) is 5.41 Å². The lowest BCUT2D eigenvalue weighted by Crippen LogP contribution is -2.23. The zero-order valence-electron chi connectivity index (χ0n) is 18.4. The molecule has 33 heavy (non-hydrogen) atoms. The molecule has 0 saturated heterocycles. The predicted octanol–water partition coefficient (Wildman–Crippen LogP) is 9.88. The van der Waals surface area contributed by atoms with Gasteiger partial charge in [-0.05, 0) is 57.3 Å². The Morgan fingerprint density at radius 2 is 1.30 bits per heavy atom. The fourth-order valence-corrected chi connectivity index (χ4v) is 8.76. The minimum atomic E-state index is -0.0677. The lowest BCUT2D eigenvalue weighted by Gasteiger charge is -2.36. The first-order valence-corrected chi connectivity index (χ1v) is 13.1. The van der Waals surface area contributed by atoms with Gasteiger partial charge in [0, 0.05) is 45.8 Å². The maximum absolute atomic E-state index is 2.46. The average molecular weight is 457 g/mol. The van der Waals surface area contributed by atoms with Crippen molar-refractivity contribution in [1.29, 1.82) is 0 Å². The Bertz CT molecular complexity index is 1950. The summed E-state index contributed by atoms with van der Waals surface area (Å²) in [5.41, 5.74) is 5.70. The largest absolute Gasteiger partial charge is 0.135 e. The highest BCUT2D eigenvalue weighted by atomic mass is 32.1. The fourth-order valence-electron chi connectivity index (χ4n) is 6.20. The molecular weight excluding hydrogens is 436 g/mol. The highest BCUT2D eigenvalue weighted by Gasteiger charge is 2.37. The van der Waals surface area contributed by atoms with E-state index in [0.29, 0.717) is 0 Å². The molecule has 0 bridgehead atoms. The summed E-state index contributed by atoms with van der Waals surface area (Å²) in [6, 6.07) is 31.8. The Morgan fingerprint density at radius 3 is 2.15 bits per heavy atom. The molecule has 0 radical (unpaired) electrons. The molecule has 2 heterocycles. The van der Waals surface area contributed by atoms with Crippen molar-refractivity contribution in [3.05, 3.63) is 96.1 Å². The Balaban J connectivity index is 1.74. The van der Waals surface area contributed by atoms with E-state index >= 15 is 0 Å². The van der Waals surface area contributed by atoms with Gasteiger partial charge in [-0.3, -0.25) is 0 Å². The molecule has 5 aromatic carbocycles. The highest BCUT2D eigenvalue weighted by Crippen LogP contribution is 2.56. The SMILES string of the molecule is CC1(C)c2ccccc2-c2c3c1c1sc4ccccc4c1cc3cc1sc3ccccc3c21. The van der Waals surface area contributed by atoms with Gasteiger partial charge in [0.15, 0.2) is 0 Å². The number of hydrogen-bond acceptors (Lipinski definition) is 2. The maximum atomic E-state index is 2.46. The molecule has 8 rings (SSSR count). The molecule has 0 N–H and O–H groups in total. The van der Waals surface area contributed by atoms with Gasteiger partial charge in [0.25, 0.3) is 0 Å². The van der Waals surface area contributed by atoms with Gasteiger partial charge in [0.1, 0.15) is 0 Å². The van der Waals surface area contributed by atoms with Crippen molar-refractivity contribution in [3.63, 3.8) is 0 Å². The third-order valence-electron chi connectivity index (χ3n) is 7.60. The molecule has 0 unspecified atom stereocenters. The van der Waals surface area contributed by atoms with Crippen LogP contribution in [0.3, 0.4) is 0 Å². The zero-order valence-corrected chi connectivity index (χ0v) is 20.0. The summed E-state index contributed by atoms with van der Waals surface area (Å²) in [7, 11) is 0. The van der Waals surface area contributed by atoms with E-state index in [9.17, 15) is 0 Å². The van der Waals surface area contributed by atoms with E-state index in [4.69, 9.17) is 0 Å². The number of thiophene rings is 2. The first kappa shape index (κ1) is 18.3. The Hall–Kier alpha value is -3.20. The third-order valence-corrected chi connectivity index (χ3v) is 9.93. The molecule has 0 nitrogen and oxygen atoms in total. The van der Waals surface area contributed by atoms with E-state index in [0.717, 1.165) is 0 Å². The van der Waals surface area contributed by atoms with E-state index in [-0.39, 0.29) is 5.41 Å². The van der Waals surface area contributed by atoms with Crippen LogP contribution in [0.4, 0.5) is 0 Å². The van der Waals surface area contributed by atoms with Crippen LogP contribution >= 0.6 is 22.7 Å². The molecule has 1 aliphatic carbocycles. The van der Waals surface area contributed by atoms with Gasteiger partial charge in [-0.1, -0.05) is 74.5 Å². The fraction of sp³-hybridized carbons (Fsp3) is 0.0968. The molecule has 2 heteroatoms. The molecule has 0 saturated carbocycles. The molecule has 0 aliphatic heterocycles. The van der Waals surface area contributed by atoms with Crippen LogP contribution in [0.5, 0.6) is 0 Å². The van der Waals surface area contributed by atoms with Crippen LogP contribution in [-0.4, -0.2) is 0 Å². The minimum Gasteiger partial charge on any atom is -0.135 e. The van der Waals surface area contributed by atoms with E-state index in [1.165, 1.54) is 73.4 Å². The van der Waals surface area contributed by atoms with Crippen LogP contribution < -0.4 is 0 Å². The van der Waals surface area contributed by atoms with E-state index in [2.05, 4.69) is 98.8 Å². The number of benzene rings is 5. The lowest BCUT2D eigenvalue weighted by molar-refractivity contribution is 0.652. The summed E-state index contributed by atoms with van der Waals surface area (Å²) in [4.78, 5) is 0. The summed E-state index contributed by atoms with van der Waals surface area (Å²) >= 11 is 3.89. The van der Waals surface area contributed by atoms with Gasteiger partial charge in [-0.15, -0.1) is 22.7 Å². The monoisotopic (exact) mass is 456 g/mol. The van der Waals surface area contributed by atoms with Gasteiger partial charge in [0.2, 0.25) is 0 Å². The van der Waals surface area contributed by atoms with Crippen LogP contribution in [0.2, 0.25) is 0 Å². The summed E-state index contributed by atoms with van der Waals surface area (Å²) in [5, 5.41) is 8.41. The molecule has 156 valence electrons. The highest BCUT2D eigenvalue weighted by molar-refractivity contribution is 7.26. The Labute approximate surface area is 199 Å². The standard InChI is InChI=1S/C31H20S2/c1-31(2)22-12-6-3-10-19(22)28-26-17(16-25-27(28)20-11-5-8-14-24(20)32-25)15-21-18-9-4-7-13-23(18)33-30(21)29(26)31/h3-16H,1-2H3. The molecule has 0 spiro atoms. The second-order valence-corrected chi connectivity index (χ2v) is 11.9. The number of rotatable bonds is 0. The topological polar surface area (TPSA) is 0 Å². The quantitative estimate of drug-likeness (QED) is 0.213. The summed E-state index contributed by atoms with van der Waals surface area (Å²) in [5.74, 6) is 0. The predicted molar refractivity (Wildman–Crippen MR) is 147 cm³/mol. The van der Waals surface area contributed by atoms with Gasteiger partial charge in [0.05, 0.1) is 0 Å². The first-order chi connectivity index (χ1) is 16.1. The van der Waals surface area contributed by atoms with Crippen molar-refractivity contribution in [2.75, 3.05) is 0 Å². The van der Waals surface area contributed by atoms with Gasteiger partial charge < -0.3 is 0 Å². The van der Waals surface area contributed by atoms with Crippen LogP contribution in [0.1, 0.15) is 25.0 Å². The summed E-state index contributed by atoms with van der Waals surface area (Å²) in [6.07, 6.45) is 0. The lowest BCUT2D eigenvalue weighted by atomic mass is 9.67. The van der Waals surface area contributed by atoms with Crippen LogP contribution in [0.25, 0.3) is 62.2 Å². The number of hydrogen-bond donors (Lipinski definition) is 0.